The number of aliphatic hydroxyl groups excluding tert-OH is 1. The fourth-order valence-electron chi connectivity index (χ4n) is 6.54. The number of ether oxygens (including phenoxy) is 6. The Hall–Kier alpha value is -5.93. The number of aromatic nitrogens is 4. The molecule has 68 heavy (non-hydrogen) atoms. The van der Waals surface area contributed by atoms with Crippen LogP contribution in [0.4, 0.5) is 5.69 Å². The van der Waals surface area contributed by atoms with Gasteiger partial charge in [0.2, 0.25) is 11.8 Å². The third kappa shape index (κ3) is 19.7. The number of carbonyl (C=O) groups is 3. The van der Waals surface area contributed by atoms with Gasteiger partial charge in [-0.1, -0.05) is 44.2 Å². The van der Waals surface area contributed by atoms with Crippen LogP contribution in [0.1, 0.15) is 56.6 Å². The minimum atomic E-state index is -1.30. The first kappa shape index (κ1) is 54.7. The van der Waals surface area contributed by atoms with E-state index in [4.69, 9.17) is 38.6 Å². The summed E-state index contributed by atoms with van der Waals surface area (Å²) in [6.07, 6.45) is 1.12. The van der Waals surface area contributed by atoms with Gasteiger partial charge in [-0.3, -0.25) is 19.2 Å². The minimum absolute atomic E-state index is 0.0289. The number of aliphatic hydroxyl groups is 1. The van der Waals surface area contributed by atoms with Crippen LogP contribution in [0.2, 0.25) is 0 Å². The largest absolute Gasteiger partial charge is 0.490 e. The molecule has 2 aromatic carbocycles. The third-order valence-corrected chi connectivity index (χ3v) is 9.98. The predicted octanol–water partition coefficient (Wildman–Crippen LogP) is 4.39. The first-order chi connectivity index (χ1) is 32.9. The second-order valence-electron chi connectivity index (χ2n) is 15.9. The molecule has 0 aliphatic carbocycles. The van der Waals surface area contributed by atoms with Crippen molar-refractivity contribution in [2.75, 3.05) is 84.5 Å². The maximum Gasteiger partial charge on any atom is 0.274 e. The monoisotopic (exact) mass is 945 g/mol. The van der Waals surface area contributed by atoms with Crippen LogP contribution in [0.15, 0.2) is 88.2 Å². The maximum absolute atomic E-state index is 12.7. The lowest BCUT2D eigenvalue weighted by Crippen LogP contribution is -2.44. The number of hydrogen-bond donors (Lipinski definition) is 4. The summed E-state index contributed by atoms with van der Waals surface area (Å²) in [5.41, 5.74) is 9.01. The molecule has 0 aliphatic rings. The van der Waals surface area contributed by atoms with E-state index in [0.717, 1.165) is 5.56 Å². The molecule has 0 unspecified atom stereocenters. The van der Waals surface area contributed by atoms with Gasteiger partial charge in [-0.25, -0.2) is 14.6 Å². The fourth-order valence-corrected chi connectivity index (χ4v) is 6.54. The number of rotatable bonds is 30. The summed E-state index contributed by atoms with van der Waals surface area (Å²) in [4.78, 5) is 58.0. The Morgan fingerprint density at radius 2 is 1.49 bits per heavy atom. The van der Waals surface area contributed by atoms with E-state index in [1.807, 2.05) is 58.0 Å². The lowest BCUT2D eigenvalue weighted by atomic mass is 9.88. The van der Waals surface area contributed by atoms with Crippen molar-refractivity contribution < 1.29 is 52.3 Å². The van der Waals surface area contributed by atoms with Gasteiger partial charge in [0.25, 0.3) is 11.5 Å². The fraction of sp³-hybridized carbons (Fsp3) is 0.490. The number of nitrogens with one attached hydrogen (secondary N) is 2. The molecule has 5 aromatic rings. The molecule has 0 bridgehead atoms. The number of Topliss-reactive ketones (excluding diaryl/α,β-unsaturated/α-hetero) is 1. The van der Waals surface area contributed by atoms with Crippen molar-refractivity contribution in [3.05, 3.63) is 101 Å². The lowest BCUT2D eigenvalue weighted by Gasteiger charge is -2.22. The van der Waals surface area contributed by atoms with E-state index in [1.165, 1.54) is 16.9 Å². The molecule has 19 nitrogen and oxygen atoms in total. The molecule has 0 saturated carbocycles. The van der Waals surface area contributed by atoms with Gasteiger partial charge in [-0.05, 0) is 74.6 Å². The van der Waals surface area contributed by atoms with Gasteiger partial charge >= 0.3 is 0 Å². The Balaban J connectivity index is 0.000000306. The van der Waals surface area contributed by atoms with Crippen molar-refractivity contribution in [1.82, 2.24) is 25.1 Å². The van der Waals surface area contributed by atoms with Crippen LogP contribution in [0.3, 0.4) is 0 Å². The van der Waals surface area contributed by atoms with Crippen LogP contribution in [0, 0.1) is 11.8 Å². The van der Waals surface area contributed by atoms with E-state index < -0.39 is 23.8 Å². The highest BCUT2D eigenvalue weighted by atomic mass is 16.6. The zero-order chi connectivity index (χ0) is 49.1. The van der Waals surface area contributed by atoms with Gasteiger partial charge in [0.05, 0.1) is 59.1 Å². The van der Waals surface area contributed by atoms with Crippen LogP contribution in [-0.2, 0) is 46.7 Å². The molecule has 2 amide bonds. The van der Waals surface area contributed by atoms with Gasteiger partial charge in [-0.15, -0.1) is 0 Å². The Morgan fingerprint density at radius 3 is 2.12 bits per heavy atom. The first-order valence-corrected chi connectivity index (χ1v) is 22.9. The molecule has 3 aromatic heterocycles. The summed E-state index contributed by atoms with van der Waals surface area (Å²) < 4.78 is 39.1. The van der Waals surface area contributed by atoms with Gasteiger partial charge < -0.3 is 54.3 Å². The first-order valence-electron chi connectivity index (χ1n) is 22.9. The summed E-state index contributed by atoms with van der Waals surface area (Å²) in [6, 6.07) is 20.0. The number of nitrogens with two attached hydrogens (primary N) is 1. The molecule has 3 atom stereocenters. The third-order valence-electron chi connectivity index (χ3n) is 9.98. The molecule has 0 fully saturated rings. The Kier molecular flexibility index (Phi) is 24.5. The number of fused-ring (bicyclic) bond motifs is 1. The second kappa shape index (κ2) is 30.5. The van der Waals surface area contributed by atoms with Crippen LogP contribution in [0.25, 0.3) is 22.7 Å². The van der Waals surface area contributed by atoms with Crippen molar-refractivity contribution in [3.63, 3.8) is 0 Å². The zero-order valence-electron chi connectivity index (χ0n) is 39.7. The van der Waals surface area contributed by atoms with E-state index in [2.05, 4.69) is 25.7 Å². The highest BCUT2D eigenvalue weighted by Crippen LogP contribution is 2.25. The SMILES string of the molecule is CCOCCOCCNC(=O)[C@@H](CC(=O)[C@@H](O)[C@H](N)Cc1ccccc1)CC(C)C.CCOCCOCCOCCOc1ccc(C(=O)Nc2ccc3oc(-c4ccc(=O)n(C)n4)nc3c2)nc1. The lowest BCUT2D eigenvalue weighted by molar-refractivity contribution is -0.134. The zero-order valence-corrected chi connectivity index (χ0v) is 39.7. The highest BCUT2D eigenvalue weighted by Gasteiger charge is 2.29. The van der Waals surface area contributed by atoms with Gasteiger partial charge in [0.1, 0.15) is 35.4 Å². The van der Waals surface area contributed by atoms with Crippen molar-refractivity contribution in [3.8, 4) is 17.3 Å². The summed E-state index contributed by atoms with van der Waals surface area (Å²) in [5, 5.41) is 20.2. The predicted molar refractivity (Wildman–Crippen MR) is 255 cm³/mol. The van der Waals surface area contributed by atoms with Crippen LogP contribution >= 0.6 is 0 Å². The van der Waals surface area contributed by atoms with Crippen molar-refractivity contribution in [2.24, 2.45) is 24.6 Å². The minimum Gasteiger partial charge on any atom is -0.490 e. The van der Waals surface area contributed by atoms with Gasteiger partial charge in [0, 0.05) is 56.9 Å². The van der Waals surface area contributed by atoms with Crippen LogP contribution in [0.5, 0.6) is 5.75 Å². The molecule has 3 heterocycles. The molecule has 5 rings (SSSR count). The number of amides is 2. The molecule has 0 saturated heterocycles. The molecule has 0 spiro atoms. The molecule has 5 N–H and O–H groups in total. The summed E-state index contributed by atoms with van der Waals surface area (Å²) in [6.45, 7) is 13.8. The number of carbonyl (C=O) groups excluding carboxylic acids is 3. The number of nitrogens with zero attached hydrogens (tertiary/aromatic N) is 4. The van der Waals surface area contributed by atoms with Crippen LogP contribution < -0.4 is 26.7 Å². The standard InChI is InChI=1S/C26H29N5O7.C23H38N2O5/c1-3-34-10-11-35-12-13-36-14-15-37-19-5-6-20(27-17-19)25(33)28-18-4-8-23-22(16-18)29-26(38-23)21-7-9-24(32)31(2)30-21;1-4-29-12-13-30-11-10-25-23(28)19(14-17(2)3)16-21(26)22(27)20(24)15-18-8-6-5-7-9-18/h4-9,16-17H,3,10-15H2,1-2H3,(H,28,33);5-9,17,19-20,22,27H,4,10-16,24H2,1-3H3,(H,25,28)/t;19-,20-,22+/m.1/s1. The number of anilines is 1. The van der Waals surface area contributed by atoms with Crippen LogP contribution in [-0.4, -0.2) is 134 Å². The van der Waals surface area contributed by atoms with Crippen molar-refractivity contribution >= 4 is 34.4 Å². The molecule has 0 aliphatic heterocycles. The molecule has 19 heteroatoms. The number of benzene rings is 2. The average Bonchev–Trinajstić information content (AvgIpc) is 3.76. The normalized spacial score (nSPS) is 12.5. The Labute approximate surface area is 397 Å². The van der Waals surface area contributed by atoms with Gasteiger partial charge in [0.15, 0.2) is 11.4 Å². The van der Waals surface area contributed by atoms with E-state index in [9.17, 15) is 24.3 Å². The average molecular weight is 946 g/mol. The molecule has 0 radical (unpaired) electrons. The van der Waals surface area contributed by atoms with Crippen molar-refractivity contribution in [1.29, 1.82) is 0 Å². The molecule has 370 valence electrons. The number of ketones is 1. The van der Waals surface area contributed by atoms with Gasteiger partial charge in [-0.2, -0.15) is 5.10 Å². The van der Waals surface area contributed by atoms with E-state index in [0.29, 0.717) is 120 Å². The summed E-state index contributed by atoms with van der Waals surface area (Å²) in [5.74, 6) is -0.437. The maximum atomic E-state index is 12.7. The number of oxazole rings is 1. The van der Waals surface area contributed by atoms with E-state index in [1.54, 1.807) is 43.4 Å². The quantitative estimate of drug-likeness (QED) is 0.0466. The van der Waals surface area contributed by atoms with E-state index >= 15 is 0 Å². The Bertz CT molecular complexity index is 2310. The Morgan fingerprint density at radius 1 is 0.824 bits per heavy atom. The second-order valence-corrected chi connectivity index (χ2v) is 15.9. The highest BCUT2D eigenvalue weighted by molar-refractivity contribution is 6.03. The summed E-state index contributed by atoms with van der Waals surface area (Å²) >= 11 is 0. The van der Waals surface area contributed by atoms with E-state index in [-0.39, 0.29) is 41.3 Å². The number of aryl methyl sites for hydroxylation is 1. The number of hydrogen-bond acceptors (Lipinski definition) is 16. The molecular weight excluding hydrogens is 879 g/mol. The molecular formula is C49H67N7O12. The van der Waals surface area contributed by atoms with Crippen molar-refractivity contribution in [2.45, 2.75) is 59.1 Å². The summed E-state index contributed by atoms with van der Waals surface area (Å²) in [7, 11) is 1.55. The number of pyridine rings is 1. The topological polar surface area (TPSA) is 251 Å². The smallest absolute Gasteiger partial charge is 0.274 e.